The SMILES string of the molecule is CCCCCCCCCc1cccc(-c2cc(F)c(C(=O)O)[nH]2)c1. The quantitative estimate of drug-likeness (QED) is 0.540. The Hall–Kier alpha value is -2.10. The number of aromatic nitrogens is 1. The second kappa shape index (κ2) is 9.26. The zero-order chi connectivity index (χ0) is 17.4. The van der Waals surface area contributed by atoms with Crippen molar-refractivity contribution < 1.29 is 14.3 Å². The molecule has 0 aliphatic heterocycles. The number of aryl methyl sites for hydroxylation is 1. The molecule has 0 radical (unpaired) electrons. The minimum Gasteiger partial charge on any atom is -0.476 e. The second-order valence-corrected chi connectivity index (χ2v) is 6.28. The van der Waals surface area contributed by atoms with E-state index in [2.05, 4.69) is 18.0 Å². The number of carboxylic acids is 1. The van der Waals surface area contributed by atoms with Gasteiger partial charge in [-0.2, -0.15) is 0 Å². The summed E-state index contributed by atoms with van der Waals surface area (Å²) in [6.07, 6.45) is 9.90. The van der Waals surface area contributed by atoms with Crippen LogP contribution in [0.1, 0.15) is 67.9 Å². The van der Waals surface area contributed by atoms with Gasteiger partial charge in [0.1, 0.15) is 0 Å². The van der Waals surface area contributed by atoms with Crippen molar-refractivity contribution >= 4 is 5.97 Å². The third-order valence-electron chi connectivity index (χ3n) is 4.29. The van der Waals surface area contributed by atoms with Crippen molar-refractivity contribution in [2.24, 2.45) is 0 Å². The van der Waals surface area contributed by atoms with Crippen LogP contribution in [-0.4, -0.2) is 16.1 Å². The largest absolute Gasteiger partial charge is 0.476 e. The molecule has 1 aromatic carbocycles. The summed E-state index contributed by atoms with van der Waals surface area (Å²) in [7, 11) is 0. The van der Waals surface area contributed by atoms with E-state index in [-0.39, 0.29) is 5.69 Å². The molecular weight excluding hydrogens is 305 g/mol. The van der Waals surface area contributed by atoms with Crippen LogP contribution < -0.4 is 0 Å². The Bertz CT molecular complexity index is 663. The lowest BCUT2D eigenvalue weighted by molar-refractivity contribution is 0.0686. The fourth-order valence-corrected chi connectivity index (χ4v) is 2.92. The summed E-state index contributed by atoms with van der Waals surface area (Å²) in [6, 6.07) is 9.12. The van der Waals surface area contributed by atoms with Crippen LogP contribution in [0.3, 0.4) is 0 Å². The molecule has 0 bridgehead atoms. The van der Waals surface area contributed by atoms with Crippen molar-refractivity contribution in [1.82, 2.24) is 4.98 Å². The Labute approximate surface area is 142 Å². The van der Waals surface area contributed by atoms with Crippen molar-refractivity contribution in [2.75, 3.05) is 0 Å². The molecule has 0 aliphatic rings. The van der Waals surface area contributed by atoms with E-state index in [0.29, 0.717) is 5.69 Å². The van der Waals surface area contributed by atoms with Gasteiger partial charge in [0.15, 0.2) is 11.5 Å². The molecule has 130 valence electrons. The van der Waals surface area contributed by atoms with Crippen LogP contribution in [0.15, 0.2) is 30.3 Å². The predicted octanol–water partition coefficient (Wildman–Crippen LogP) is 5.81. The zero-order valence-electron chi connectivity index (χ0n) is 14.3. The van der Waals surface area contributed by atoms with E-state index < -0.39 is 11.8 Å². The molecule has 0 fully saturated rings. The molecule has 0 spiro atoms. The molecule has 0 unspecified atom stereocenters. The van der Waals surface area contributed by atoms with Gasteiger partial charge in [-0.3, -0.25) is 0 Å². The molecule has 2 rings (SSSR count). The van der Waals surface area contributed by atoms with E-state index in [9.17, 15) is 9.18 Å². The summed E-state index contributed by atoms with van der Waals surface area (Å²) in [5.41, 5.74) is 2.14. The number of carboxylic acid groups (broad SMARTS) is 1. The maximum atomic E-state index is 13.6. The summed E-state index contributed by atoms with van der Waals surface area (Å²) < 4.78 is 13.6. The molecule has 3 nitrogen and oxygen atoms in total. The highest BCUT2D eigenvalue weighted by Crippen LogP contribution is 2.23. The standard InChI is InChI=1S/C20H26FNO2/c1-2-3-4-5-6-7-8-10-15-11-9-12-16(13-15)18-14-17(21)19(22-18)20(23)24/h9,11-14,22H,2-8,10H2,1H3,(H,23,24). The van der Waals surface area contributed by atoms with Crippen molar-refractivity contribution in [3.63, 3.8) is 0 Å². The van der Waals surface area contributed by atoms with Gasteiger partial charge in [0, 0.05) is 11.8 Å². The maximum absolute atomic E-state index is 13.6. The van der Waals surface area contributed by atoms with Gasteiger partial charge in [-0.25, -0.2) is 9.18 Å². The van der Waals surface area contributed by atoms with E-state index in [0.717, 1.165) is 18.4 Å². The normalized spacial score (nSPS) is 10.9. The average molecular weight is 331 g/mol. The first-order valence-electron chi connectivity index (χ1n) is 8.83. The number of aromatic carboxylic acids is 1. The number of hydrogen-bond donors (Lipinski definition) is 2. The smallest absolute Gasteiger partial charge is 0.355 e. The van der Waals surface area contributed by atoms with Gasteiger partial charge < -0.3 is 10.1 Å². The van der Waals surface area contributed by atoms with Gasteiger partial charge in [0.25, 0.3) is 0 Å². The number of carbonyl (C=O) groups is 1. The van der Waals surface area contributed by atoms with Gasteiger partial charge in [0.05, 0.1) is 0 Å². The molecule has 4 heteroatoms. The van der Waals surface area contributed by atoms with Crippen LogP contribution in [-0.2, 0) is 6.42 Å². The molecule has 0 aliphatic carbocycles. The number of hydrogen-bond acceptors (Lipinski definition) is 1. The molecule has 0 saturated carbocycles. The molecule has 2 N–H and O–H groups in total. The van der Waals surface area contributed by atoms with Gasteiger partial charge in [-0.1, -0.05) is 63.6 Å². The fraction of sp³-hybridized carbons (Fsp3) is 0.450. The first-order valence-corrected chi connectivity index (χ1v) is 8.83. The van der Waals surface area contributed by atoms with Gasteiger partial charge in [0.2, 0.25) is 0 Å². The maximum Gasteiger partial charge on any atom is 0.355 e. The lowest BCUT2D eigenvalue weighted by atomic mass is 10.0. The third kappa shape index (κ3) is 5.22. The topological polar surface area (TPSA) is 53.1 Å². The highest BCUT2D eigenvalue weighted by molar-refractivity contribution is 5.87. The molecule has 0 atom stereocenters. The third-order valence-corrected chi connectivity index (χ3v) is 4.29. The predicted molar refractivity (Wildman–Crippen MR) is 94.8 cm³/mol. The van der Waals surface area contributed by atoms with E-state index in [1.807, 2.05) is 18.2 Å². The Balaban J connectivity index is 1.90. The fourth-order valence-electron chi connectivity index (χ4n) is 2.92. The molecular formula is C20H26FNO2. The number of rotatable bonds is 10. The van der Waals surface area contributed by atoms with Crippen LogP contribution in [0, 0.1) is 5.82 Å². The molecule has 24 heavy (non-hydrogen) atoms. The highest BCUT2D eigenvalue weighted by Gasteiger charge is 2.15. The summed E-state index contributed by atoms with van der Waals surface area (Å²) in [5.74, 6) is -2.01. The Morgan fingerprint density at radius 1 is 1.08 bits per heavy atom. The number of aromatic amines is 1. The monoisotopic (exact) mass is 331 g/mol. The molecule has 1 heterocycles. The van der Waals surface area contributed by atoms with Crippen molar-refractivity contribution in [3.8, 4) is 11.3 Å². The van der Waals surface area contributed by atoms with E-state index >= 15 is 0 Å². The first kappa shape index (κ1) is 18.2. The molecule has 0 amide bonds. The van der Waals surface area contributed by atoms with Gasteiger partial charge in [-0.05, 0) is 30.0 Å². The lowest BCUT2D eigenvalue weighted by Gasteiger charge is -2.05. The van der Waals surface area contributed by atoms with Crippen LogP contribution in [0.4, 0.5) is 4.39 Å². The Kier molecular flexibility index (Phi) is 7.04. The Morgan fingerprint density at radius 2 is 1.79 bits per heavy atom. The van der Waals surface area contributed by atoms with Crippen molar-refractivity contribution in [2.45, 2.75) is 58.3 Å². The molecule has 2 aromatic rings. The number of H-pyrrole nitrogens is 1. The zero-order valence-corrected chi connectivity index (χ0v) is 14.3. The number of unbranched alkanes of at least 4 members (excludes halogenated alkanes) is 6. The average Bonchev–Trinajstić information content (AvgIpc) is 2.96. The van der Waals surface area contributed by atoms with Crippen LogP contribution in [0.2, 0.25) is 0 Å². The minimum atomic E-state index is -1.28. The first-order chi connectivity index (χ1) is 11.6. The van der Waals surface area contributed by atoms with E-state index in [1.54, 1.807) is 0 Å². The number of halogens is 1. The second-order valence-electron chi connectivity index (χ2n) is 6.28. The highest BCUT2D eigenvalue weighted by atomic mass is 19.1. The van der Waals surface area contributed by atoms with Crippen LogP contribution in [0.25, 0.3) is 11.3 Å². The lowest BCUT2D eigenvalue weighted by Crippen LogP contribution is -1.98. The van der Waals surface area contributed by atoms with E-state index in [1.165, 1.54) is 50.2 Å². The van der Waals surface area contributed by atoms with Gasteiger partial charge in [-0.15, -0.1) is 0 Å². The van der Waals surface area contributed by atoms with Crippen LogP contribution >= 0.6 is 0 Å². The number of nitrogens with one attached hydrogen (secondary N) is 1. The van der Waals surface area contributed by atoms with E-state index in [4.69, 9.17) is 5.11 Å². The summed E-state index contributed by atoms with van der Waals surface area (Å²) >= 11 is 0. The molecule has 1 aromatic heterocycles. The summed E-state index contributed by atoms with van der Waals surface area (Å²) in [5, 5.41) is 8.93. The molecule has 0 saturated heterocycles. The minimum absolute atomic E-state index is 0.387. The Morgan fingerprint density at radius 3 is 2.46 bits per heavy atom. The van der Waals surface area contributed by atoms with Gasteiger partial charge >= 0.3 is 5.97 Å². The number of benzene rings is 1. The van der Waals surface area contributed by atoms with Crippen molar-refractivity contribution in [1.29, 1.82) is 0 Å². The van der Waals surface area contributed by atoms with Crippen LogP contribution in [0.5, 0.6) is 0 Å². The summed E-state index contributed by atoms with van der Waals surface area (Å²) in [4.78, 5) is 13.6. The van der Waals surface area contributed by atoms with Crippen molar-refractivity contribution in [3.05, 3.63) is 47.4 Å². The summed E-state index contributed by atoms with van der Waals surface area (Å²) in [6.45, 7) is 2.22.